The van der Waals surface area contributed by atoms with Crippen molar-refractivity contribution in [2.75, 3.05) is 29.9 Å². The van der Waals surface area contributed by atoms with Crippen LogP contribution in [0.3, 0.4) is 0 Å². The highest BCUT2D eigenvalue weighted by atomic mass is 32.2. The number of allylic oxidation sites excluding steroid dienone is 1. The van der Waals surface area contributed by atoms with Gasteiger partial charge in [0.05, 0.1) is 22.8 Å². The smallest absolute Gasteiger partial charge is 0.255 e. The SMILES string of the molecule is CCN(C(=O)c1cncc(NCCC2=CCCCC2)c1)C1CCS(=O)(=O)C1. The Labute approximate surface area is 162 Å². The number of carbonyl (C=O) groups excluding carboxylic acids is 1. The van der Waals surface area contributed by atoms with Crippen LogP contribution in [0, 0.1) is 0 Å². The van der Waals surface area contributed by atoms with E-state index in [4.69, 9.17) is 0 Å². The van der Waals surface area contributed by atoms with Gasteiger partial charge in [-0.3, -0.25) is 9.78 Å². The Morgan fingerprint density at radius 1 is 1.33 bits per heavy atom. The molecule has 1 N–H and O–H groups in total. The van der Waals surface area contributed by atoms with Crippen molar-refractivity contribution in [1.29, 1.82) is 0 Å². The molecule has 1 aromatic rings. The molecular weight excluding hydrogens is 362 g/mol. The number of anilines is 1. The number of hydrogen-bond acceptors (Lipinski definition) is 5. The van der Waals surface area contributed by atoms with E-state index in [1.54, 1.807) is 17.3 Å². The molecule has 1 unspecified atom stereocenters. The molecule has 2 aliphatic rings. The lowest BCUT2D eigenvalue weighted by molar-refractivity contribution is 0.0708. The Morgan fingerprint density at radius 2 is 2.19 bits per heavy atom. The molecule has 1 aliphatic heterocycles. The third-order valence-electron chi connectivity index (χ3n) is 5.40. The van der Waals surface area contributed by atoms with Gasteiger partial charge in [0.25, 0.3) is 5.91 Å². The molecule has 0 aromatic carbocycles. The lowest BCUT2D eigenvalue weighted by atomic mass is 9.97. The van der Waals surface area contributed by atoms with Crippen LogP contribution in [0.15, 0.2) is 30.1 Å². The number of rotatable bonds is 7. The van der Waals surface area contributed by atoms with Crippen molar-refractivity contribution in [3.63, 3.8) is 0 Å². The summed E-state index contributed by atoms with van der Waals surface area (Å²) in [5, 5.41) is 3.36. The summed E-state index contributed by atoms with van der Waals surface area (Å²) in [4.78, 5) is 18.8. The molecule has 6 nitrogen and oxygen atoms in total. The summed E-state index contributed by atoms with van der Waals surface area (Å²) in [6.45, 7) is 3.20. The standard InChI is InChI=1S/C20H29N3O3S/c1-2-23(19-9-11-27(25,26)15-19)20(24)17-12-18(14-21-13-17)22-10-8-16-6-4-3-5-7-16/h6,12-14,19,22H,2-5,7-11,15H2,1H3. The third-order valence-corrected chi connectivity index (χ3v) is 7.15. The minimum absolute atomic E-state index is 0.0626. The van der Waals surface area contributed by atoms with Gasteiger partial charge in [0.15, 0.2) is 9.84 Å². The molecule has 0 bridgehead atoms. The number of nitrogens with zero attached hydrogens (tertiary/aromatic N) is 2. The minimum atomic E-state index is -3.02. The maximum Gasteiger partial charge on any atom is 0.255 e. The van der Waals surface area contributed by atoms with E-state index in [1.807, 2.05) is 13.0 Å². The Hall–Kier alpha value is -1.89. The summed E-state index contributed by atoms with van der Waals surface area (Å²) in [6, 6.07) is 1.58. The van der Waals surface area contributed by atoms with Crippen molar-refractivity contribution in [2.24, 2.45) is 0 Å². The topological polar surface area (TPSA) is 79.4 Å². The summed E-state index contributed by atoms with van der Waals surface area (Å²) in [5.41, 5.74) is 2.84. The Morgan fingerprint density at radius 3 is 2.85 bits per heavy atom. The molecule has 0 spiro atoms. The number of aromatic nitrogens is 1. The Balaban J connectivity index is 1.61. The van der Waals surface area contributed by atoms with E-state index >= 15 is 0 Å². The summed E-state index contributed by atoms with van der Waals surface area (Å²) < 4.78 is 23.5. The predicted molar refractivity (Wildman–Crippen MR) is 108 cm³/mol. The van der Waals surface area contributed by atoms with Crippen LogP contribution in [0.4, 0.5) is 5.69 Å². The van der Waals surface area contributed by atoms with Crippen molar-refractivity contribution in [3.8, 4) is 0 Å². The van der Waals surface area contributed by atoms with Crippen LogP contribution in [0.5, 0.6) is 0 Å². The highest BCUT2D eigenvalue weighted by Crippen LogP contribution is 2.22. The molecule has 1 aromatic heterocycles. The van der Waals surface area contributed by atoms with Gasteiger partial charge in [-0.05, 0) is 51.5 Å². The molecule has 0 saturated carbocycles. The molecule has 7 heteroatoms. The van der Waals surface area contributed by atoms with E-state index in [0.717, 1.165) is 18.7 Å². The van der Waals surface area contributed by atoms with Gasteiger partial charge in [-0.1, -0.05) is 11.6 Å². The molecule has 0 radical (unpaired) electrons. The minimum Gasteiger partial charge on any atom is -0.383 e. The number of sulfone groups is 1. The predicted octanol–water partition coefficient (Wildman–Crippen LogP) is 3.03. The van der Waals surface area contributed by atoms with Crippen LogP contribution < -0.4 is 5.32 Å². The second-order valence-corrected chi connectivity index (χ2v) is 9.62. The van der Waals surface area contributed by atoms with E-state index in [2.05, 4.69) is 16.4 Å². The molecule has 1 aliphatic carbocycles. The van der Waals surface area contributed by atoms with E-state index in [9.17, 15) is 13.2 Å². The van der Waals surface area contributed by atoms with Crippen LogP contribution >= 0.6 is 0 Å². The van der Waals surface area contributed by atoms with Crippen LogP contribution in [-0.2, 0) is 9.84 Å². The van der Waals surface area contributed by atoms with E-state index in [0.29, 0.717) is 18.5 Å². The van der Waals surface area contributed by atoms with E-state index in [-0.39, 0.29) is 23.5 Å². The van der Waals surface area contributed by atoms with Gasteiger partial charge in [-0.15, -0.1) is 0 Å². The van der Waals surface area contributed by atoms with E-state index < -0.39 is 9.84 Å². The quantitative estimate of drug-likeness (QED) is 0.723. The molecule has 1 fully saturated rings. The number of carbonyl (C=O) groups is 1. The molecule has 1 saturated heterocycles. The van der Waals surface area contributed by atoms with E-state index in [1.165, 1.54) is 31.3 Å². The zero-order valence-corrected chi connectivity index (χ0v) is 16.8. The maximum absolute atomic E-state index is 12.9. The number of amides is 1. The second-order valence-electron chi connectivity index (χ2n) is 7.40. The summed E-state index contributed by atoms with van der Waals surface area (Å²) in [7, 11) is -3.02. The average Bonchev–Trinajstić information content (AvgIpc) is 3.03. The molecule has 2 heterocycles. The maximum atomic E-state index is 12.9. The fourth-order valence-electron chi connectivity index (χ4n) is 3.91. The van der Waals surface area contributed by atoms with Crippen molar-refractivity contribution in [1.82, 2.24) is 9.88 Å². The molecule has 27 heavy (non-hydrogen) atoms. The highest BCUT2D eigenvalue weighted by Gasteiger charge is 2.34. The Bertz CT molecular complexity index is 804. The van der Waals surface area contributed by atoms with Gasteiger partial charge < -0.3 is 10.2 Å². The highest BCUT2D eigenvalue weighted by molar-refractivity contribution is 7.91. The molecule has 1 amide bonds. The lowest BCUT2D eigenvalue weighted by Gasteiger charge is -2.27. The molecule has 1 atom stereocenters. The average molecular weight is 392 g/mol. The van der Waals surface area contributed by atoms with Gasteiger partial charge in [0.2, 0.25) is 0 Å². The number of pyridine rings is 1. The summed E-state index contributed by atoms with van der Waals surface area (Å²) in [5.74, 6) is 0.0789. The molecule has 3 rings (SSSR count). The first-order valence-corrected chi connectivity index (χ1v) is 11.7. The van der Waals surface area contributed by atoms with Crippen LogP contribution in [-0.4, -0.2) is 54.8 Å². The molecular formula is C20H29N3O3S. The van der Waals surface area contributed by atoms with Crippen molar-refractivity contribution < 1.29 is 13.2 Å². The first kappa shape index (κ1) is 19.9. The van der Waals surface area contributed by atoms with Gasteiger partial charge in [-0.2, -0.15) is 0 Å². The number of nitrogens with one attached hydrogen (secondary N) is 1. The van der Waals surface area contributed by atoms with Gasteiger partial charge in [0, 0.05) is 31.5 Å². The largest absolute Gasteiger partial charge is 0.383 e. The normalized spacial score (nSPS) is 21.5. The van der Waals surface area contributed by atoms with Gasteiger partial charge >= 0.3 is 0 Å². The van der Waals surface area contributed by atoms with Gasteiger partial charge in [-0.25, -0.2) is 8.42 Å². The van der Waals surface area contributed by atoms with Crippen molar-refractivity contribution in [3.05, 3.63) is 35.7 Å². The first-order chi connectivity index (χ1) is 13.0. The monoisotopic (exact) mass is 391 g/mol. The van der Waals surface area contributed by atoms with Gasteiger partial charge in [0.1, 0.15) is 0 Å². The Kier molecular flexibility index (Phi) is 6.52. The molecule has 148 valence electrons. The van der Waals surface area contributed by atoms with Crippen LogP contribution in [0.25, 0.3) is 0 Å². The van der Waals surface area contributed by atoms with Crippen LogP contribution in [0.2, 0.25) is 0 Å². The fraction of sp³-hybridized carbons (Fsp3) is 0.600. The second kappa shape index (κ2) is 8.87. The van der Waals surface area contributed by atoms with Crippen molar-refractivity contribution >= 4 is 21.4 Å². The zero-order valence-electron chi connectivity index (χ0n) is 16.0. The summed E-state index contributed by atoms with van der Waals surface area (Å²) in [6.07, 6.45) is 12.1. The lowest BCUT2D eigenvalue weighted by Crippen LogP contribution is -2.41. The third kappa shape index (κ3) is 5.31. The number of hydrogen-bond donors (Lipinski definition) is 1. The van der Waals surface area contributed by atoms with Crippen LogP contribution in [0.1, 0.15) is 55.8 Å². The summed E-state index contributed by atoms with van der Waals surface area (Å²) >= 11 is 0. The van der Waals surface area contributed by atoms with Crippen molar-refractivity contribution in [2.45, 2.75) is 51.5 Å². The first-order valence-electron chi connectivity index (χ1n) is 9.87. The fourth-order valence-corrected chi connectivity index (χ4v) is 5.64. The zero-order chi connectivity index (χ0) is 19.3.